The number of hydrogen-bond donors (Lipinski definition) is 4. The Bertz CT molecular complexity index is 395. The molecule has 5 nitrogen and oxygen atoms in total. The Morgan fingerprint density at radius 1 is 1.25 bits per heavy atom. The van der Waals surface area contributed by atoms with Gasteiger partial charge in [0.25, 0.3) is 0 Å². The second-order valence-electron chi connectivity index (χ2n) is 5.47. The Hall–Kier alpha value is -1.59. The van der Waals surface area contributed by atoms with Gasteiger partial charge in [-0.1, -0.05) is 44.2 Å². The van der Waals surface area contributed by atoms with E-state index in [1.165, 1.54) is 0 Å². The van der Waals surface area contributed by atoms with Crippen molar-refractivity contribution < 1.29 is 20.3 Å². The Kier molecular flexibility index (Phi) is 7.04. The molecule has 0 aliphatic heterocycles. The van der Waals surface area contributed by atoms with Crippen molar-refractivity contribution in [2.75, 3.05) is 13.1 Å². The van der Waals surface area contributed by atoms with Gasteiger partial charge in [-0.05, 0) is 12.0 Å². The number of rotatable bonds is 8. The summed E-state index contributed by atoms with van der Waals surface area (Å²) in [5.74, 6) is 0.544. The van der Waals surface area contributed by atoms with E-state index in [9.17, 15) is 9.90 Å². The number of nitrogens with one attached hydrogen (secondary N) is 1. The fraction of sp³-hybridized carbons (Fsp3) is 0.533. The first-order chi connectivity index (χ1) is 9.49. The minimum Gasteiger partial charge on any atom is -0.465 e. The highest BCUT2D eigenvalue weighted by Gasteiger charge is 2.23. The van der Waals surface area contributed by atoms with Crippen LogP contribution in [-0.4, -0.2) is 41.5 Å². The summed E-state index contributed by atoms with van der Waals surface area (Å²) < 4.78 is 0. The number of hydrogen-bond acceptors (Lipinski definition) is 2. The van der Waals surface area contributed by atoms with Gasteiger partial charge in [0, 0.05) is 5.92 Å². The van der Waals surface area contributed by atoms with Crippen LogP contribution in [0.2, 0.25) is 0 Å². The number of quaternary nitrogens is 1. The van der Waals surface area contributed by atoms with Crippen LogP contribution in [-0.2, 0) is 6.42 Å². The van der Waals surface area contributed by atoms with Crippen molar-refractivity contribution in [3.63, 3.8) is 0 Å². The summed E-state index contributed by atoms with van der Waals surface area (Å²) >= 11 is 0. The van der Waals surface area contributed by atoms with Crippen LogP contribution in [0.5, 0.6) is 0 Å². The van der Waals surface area contributed by atoms with E-state index >= 15 is 0 Å². The Balaban J connectivity index is 2.56. The van der Waals surface area contributed by atoms with Crippen LogP contribution in [0.1, 0.15) is 19.4 Å². The molecule has 2 atom stereocenters. The van der Waals surface area contributed by atoms with Crippen LogP contribution in [0.25, 0.3) is 0 Å². The number of carboxylic acid groups (broad SMARTS) is 1. The van der Waals surface area contributed by atoms with Gasteiger partial charge in [-0.15, -0.1) is 0 Å². The lowest BCUT2D eigenvalue weighted by atomic mass is 10.0. The van der Waals surface area contributed by atoms with Crippen LogP contribution in [0.4, 0.5) is 4.79 Å². The molecule has 5 heteroatoms. The number of nitrogens with two attached hydrogens (primary N) is 1. The molecule has 0 saturated heterocycles. The number of amides is 1. The predicted molar refractivity (Wildman–Crippen MR) is 77.6 cm³/mol. The van der Waals surface area contributed by atoms with Crippen LogP contribution < -0.4 is 10.6 Å². The molecule has 2 unspecified atom stereocenters. The van der Waals surface area contributed by atoms with E-state index in [0.29, 0.717) is 18.9 Å². The van der Waals surface area contributed by atoms with Gasteiger partial charge in [-0.25, -0.2) is 4.79 Å². The molecule has 0 saturated carbocycles. The fourth-order valence-corrected chi connectivity index (χ4v) is 2.07. The molecule has 0 spiro atoms. The van der Waals surface area contributed by atoms with Gasteiger partial charge in [0.1, 0.15) is 12.6 Å². The number of aliphatic hydroxyl groups is 1. The molecule has 0 heterocycles. The summed E-state index contributed by atoms with van der Waals surface area (Å²) in [4.78, 5) is 10.9. The molecule has 0 aromatic heterocycles. The van der Waals surface area contributed by atoms with Crippen molar-refractivity contribution in [1.29, 1.82) is 0 Å². The highest BCUT2D eigenvalue weighted by Crippen LogP contribution is 2.06. The van der Waals surface area contributed by atoms with Crippen LogP contribution in [0, 0.1) is 5.92 Å². The van der Waals surface area contributed by atoms with Crippen LogP contribution in [0.3, 0.4) is 0 Å². The zero-order valence-corrected chi connectivity index (χ0v) is 12.1. The summed E-state index contributed by atoms with van der Waals surface area (Å²) in [6.07, 6.45) is -1.32. The third kappa shape index (κ3) is 6.54. The normalized spacial score (nSPS) is 14.0. The zero-order chi connectivity index (χ0) is 15.0. The summed E-state index contributed by atoms with van der Waals surface area (Å²) in [6.45, 7) is 5.64. The monoisotopic (exact) mass is 281 g/mol. The molecular formula is C15H25N2O3+. The first-order valence-electron chi connectivity index (χ1n) is 7.02. The molecule has 5 N–H and O–H groups in total. The van der Waals surface area contributed by atoms with Crippen molar-refractivity contribution in [2.24, 2.45) is 5.92 Å². The second kappa shape index (κ2) is 8.55. The maximum absolute atomic E-state index is 10.9. The van der Waals surface area contributed by atoms with Crippen molar-refractivity contribution >= 4 is 6.09 Å². The Morgan fingerprint density at radius 2 is 1.90 bits per heavy atom. The minimum absolute atomic E-state index is 0.488. The highest BCUT2D eigenvalue weighted by atomic mass is 16.4. The zero-order valence-electron chi connectivity index (χ0n) is 12.1. The van der Waals surface area contributed by atoms with E-state index in [2.05, 4.69) is 19.2 Å². The molecular weight excluding hydrogens is 256 g/mol. The smallest absolute Gasteiger partial charge is 0.404 e. The SMILES string of the molecule is CC(C)C[NH2+]CC(O)C(Cc1ccccc1)NC(=O)O. The van der Waals surface area contributed by atoms with Gasteiger partial charge in [0.15, 0.2) is 0 Å². The molecule has 0 bridgehead atoms. The van der Waals surface area contributed by atoms with Gasteiger partial charge in [0.05, 0.1) is 12.6 Å². The molecule has 0 aliphatic rings. The van der Waals surface area contributed by atoms with Crippen molar-refractivity contribution in [3.05, 3.63) is 35.9 Å². The largest absolute Gasteiger partial charge is 0.465 e. The molecule has 1 amide bonds. The standard InChI is InChI=1S/C15H24N2O3/c1-11(2)9-16-10-14(18)13(17-15(19)20)8-12-6-4-3-5-7-12/h3-7,11,13-14,16-18H,8-10H2,1-2H3,(H,19,20)/p+1. The third-order valence-corrected chi connectivity index (χ3v) is 3.12. The van der Waals surface area contributed by atoms with Crippen LogP contribution in [0.15, 0.2) is 30.3 Å². The lowest BCUT2D eigenvalue weighted by Crippen LogP contribution is -2.88. The molecule has 0 fully saturated rings. The van der Waals surface area contributed by atoms with Gasteiger partial charge in [-0.3, -0.25) is 0 Å². The van der Waals surface area contributed by atoms with E-state index in [1.807, 2.05) is 35.6 Å². The van der Waals surface area contributed by atoms with Gasteiger partial charge in [-0.2, -0.15) is 0 Å². The van der Waals surface area contributed by atoms with Crippen LogP contribution >= 0.6 is 0 Å². The minimum atomic E-state index is -1.10. The molecule has 1 aromatic rings. The molecule has 20 heavy (non-hydrogen) atoms. The van der Waals surface area contributed by atoms with Crippen molar-refractivity contribution in [2.45, 2.75) is 32.4 Å². The highest BCUT2D eigenvalue weighted by molar-refractivity contribution is 5.65. The van der Waals surface area contributed by atoms with Gasteiger partial charge in [0.2, 0.25) is 0 Å². The molecule has 0 aliphatic carbocycles. The van der Waals surface area contributed by atoms with Gasteiger partial charge >= 0.3 is 6.09 Å². The average molecular weight is 281 g/mol. The predicted octanol–water partition coefficient (Wildman–Crippen LogP) is 0.446. The van der Waals surface area contributed by atoms with Crippen molar-refractivity contribution in [1.82, 2.24) is 5.32 Å². The first kappa shape index (κ1) is 16.5. The quantitative estimate of drug-likeness (QED) is 0.558. The maximum Gasteiger partial charge on any atom is 0.404 e. The van der Waals surface area contributed by atoms with E-state index in [-0.39, 0.29) is 0 Å². The second-order valence-corrected chi connectivity index (χ2v) is 5.47. The average Bonchev–Trinajstić information content (AvgIpc) is 2.38. The van der Waals surface area contributed by atoms with Gasteiger partial charge < -0.3 is 20.8 Å². The molecule has 112 valence electrons. The van der Waals surface area contributed by atoms with E-state index in [0.717, 1.165) is 12.1 Å². The number of benzene rings is 1. The Morgan fingerprint density at radius 3 is 2.45 bits per heavy atom. The summed E-state index contributed by atoms with van der Waals surface area (Å²) in [5.41, 5.74) is 1.01. The lowest BCUT2D eigenvalue weighted by Gasteiger charge is -2.22. The lowest BCUT2D eigenvalue weighted by molar-refractivity contribution is -0.666. The number of aliphatic hydroxyl groups excluding tert-OH is 1. The topological polar surface area (TPSA) is 86.2 Å². The Labute approximate surface area is 120 Å². The molecule has 0 radical (unpaired) electrons. The summed E-state index contributed by atoms with van der Waals surface area (Å²) in [5, 5.41) is 23.5. The molecule has 1 aromatic carbocycles. The number of carbonyl (C=O) groups is 1. The third-order valence-electron chi connectivity index (χ3n) is 3.12. The van der Waals surface area contributed by atoms with E-state index in [1.54, 1.807) is 0 Å². The maximum atomic E-state index is 10.9. The fourth-order valence-electron chi connectivity index (χ4n) is 2.07. The van der Waals surface area contributed by atoms with Crippen molar-refractivity contribution in [3.8, 4) is 0 Å². The summed E-state index contributed by atoms with van der Waals surface area (Å²) in [6, 6.07) is 9.10. The van der Waals surface area contributed by atoms with E-state index < -0.39 is 18.2 Å². The first-order valence-corrected chi connectivity index (χ1v) is 7.02. The summed E-state index contributed by atoms with van der Waals surface area (Å²) in [7, 11) is 0. The van der Waals surface area contributed by atoms with E-state index in [4.69, 9.17) is 5.11 Å². The molecule has 1 rings (SSSR count).